The number of benzene rings is 2. The van der Waals surface area contributed by atoms with Gasteiger partial charge in [0.15, 0.2) is 5.52 Å². The number of nitrogens with zero attached hydrogens (tertiary/aromatic N) is 3. The van der Waals surface area contributed by atoms with Gasteiger partial charge in [-0.2, -0.15) is 8.80 Å². The maximum absolute atomic E-state index is 2.37. The number of pyridine rings is 2. The van der Waals surface area contributed by atoms with Gasteiger partial charge in [0, 0.05) is 36.1 Å². The van der Waals surface area contributed by atoms with Gasteiger partial charge in [-0.15, -0.1) is 0 Å². The van der Waals surface area contributed by atoms with E-state index in [9.17, 15) is 0 Å². The van der Waals surface area contributed by atoms with Crippen molar-refractivity contribution in [3.05, 3.63) is 72.4 Å². The van der Waals surface area contributed by atoms with Gasteiger partial charge in [-0.1, -0.05) is 25.0 Å². The largest absolute Gasteiger partial charge is 0.375 e. The standard InChI is InChI=1S/C25H26N3/c1-4-5-14-26(3)21-10-12-24-20(16-21)7-9-22-17-27-23-11-6-18(2)15-19(23)8-13-25(27)28(22)24/h6-13,15-17H,4-5,14H2,1-3H3/q+1. The molecule has 0 aliphatic rings. The van der Waals surface area contributed by atoms with E-state index in [1.807, 2.05) is 0 Å². The van der Waals surface area contributed by atoms with E-state index in [0.717, 1.165) is 6.54 Å². The summed E-state index contributed by atoms with van der Waals surface area (Å²) in [5, 5.41) is 2.55. The van der Waals surface area contributed by atoms with Crippen molar-refractivity contribution in [2.24, 2.45) is 0 Å². The van der Waals surface area contributed by atoms with Gasteiger partial charge in [-0.3, -0.25) is 0 Å². The van der Waals surface area contributed by atoms with Crippen molar-refractivity contribution >= 4 is 38.7 Å². The van der Waals surface area contributed by atoms with Crippen molar-refractivity contribution < 1.29 is 4.40 Å². The number of aryl methyl sites for hydroxylation is 1. The van der Waals surface area contributed by atoms with Gasteiger partial charge in [0.2, 0.25) is 0 Å². The highest BCUT2D eigenvalue weighted by Crippen LogP contribution is 2.25. The van der Waals surface area contributed by atoms with Crippen LogP contribution in [0.15, 0.2) is 66.9 Å². The number of aromatic nitrogens is 2. The summed E-state index contributed by atoms with van der Waals surface area (Å²) in [5.41, 5.74) is 7.48. The Labute approximate surface area is 165 Å². The summed E-state index contributed by atoms with van der Waals surface area (Å²) in [6, 6.07) is 22.4. The maximum atomic E-state index is 2.37. The molecule has 0 radical (unpaired) electrons. The lowest BCUT2D eigenvalue weighted by atomic mass is 10.1. The quantitative estimate of drug-likeness (QED) is 0.380. The SMILES string of the molecule is CCCCN(C)c1ccc2c(ccc3c[n+]4c5ccc(C)cc5ccc4n32)c1. The molecule has 0 fully saturated rings. The first kappa shape index (κ1) is 17.1. The fourth-order valence-electron chi connectivity index (χ4n) is 4.23. The van der Waals surface area contributed by atoms with E-state index >= 15 is 0 Å². The van der Waals surface area contributed by atoms with E-state index < -0.39 is 0 Å². The van der Waals surface area contributed by atoms with Crippen LogP contribution < -0.4 is 9.30 Å². The average molecular weight is 369 g/mol. The second-order valence-corrected chi connectivity index (χ2v) is 7.86. The molecule has 28 heavy (non-hydrogen) atoms. The second kappa shape index (κ2) is 6.52. The molecular formula is C25H26N3+. The van der Waals surface area contributed by atoms with Crippen molar-refractivity contribution in [1.82, 2.24) is 4.40 Å². The van der Waals surface area contributed by atoms with Crippen LogP contribution in [-0.2, 0) is 0 Å². The van der Waals surface area contributed by atoms with Crippen LogP contribution in [0.3, 0.4) is 0 Å². The number of unbranched alkanes of at least 4 members (excludes halogenated alkanes) is 1. The molecule has 0 saturated carbocycles. The van der Waals surface area contributed by atoms with Crippen LogP contribution in [0.4, 0.5) is 5.69 Å². The van der Waals surface area contributed by atoms with Gasteiger partial charge in [0.1, 0.15) is 17.2 Å². The molecule has 140 valence electrons. The second-order valence-electron chi connectivity index (χ2n) is 7.86. The number of rotatable bonds is 4. The molecular weight excluding hydrogens is 342 g/mol. The predicted molar refractivity (Wildman–Crippen MR) is 118 cm³/mol. The molecule has 3 aromatic heterocycles. The Bertz CT molecular complexity index is 1330. The van der Waals surface area contributed by atoms with Crippen LogP contribution in [0.25, 0.3) is 33.0 Å². The summed E-state index contributed by atoms with van der Waals surface area (Å²) in [5.74, 6) is 0. The van der Waals surface area contributed by atoms with Gasteiger partial charge in [0.25, 0.3) is 5.65 Å². The third kappa shape index (κ3) is 2.62. The zero-order valence-electron chi connectivity index (χ0n) is 16.8. The van der Waals surface area contributed by atoms with E-state index in [-0.39, 0.29) is 0 Å². The number of imidazole rings is 1. The van der Waals surface area contributed by atoms with Gasteiger partial charge in [-0.05, 0) is 61.9 Å². The third-order valence-corrected chi connectivity index (χ3v) is 5.82. The highest BCUT2D eigenvalue weighted by Gasteiger charge is 2.17. The maximum Gasteiger partial charge on any atom is 0.292 e. The Morgan fingerprint density at radius 3 is 2.64 bits per heavy atom. The highest BCUT2D eigenvalue weighted by molar-refractivity contribution is 5.88. The van der Waals surface area contributed by atoms with Crippen LogP contribution in [0, 0.1) is 6.92 Å². The molecule has 0 amide bonds. The van der Waals surface area contributed by atoms with E-state index in [2.05, 4.69) is 101 Å². The molecule has 0 spiro atoms. The molecule has 0 bridgehead atoms. The summed E-state index contributed by atoms with van der Waals surface area (Å²) in [6.45, 7) is 5.48. The normalized spacial score (nSPS) is 11.8. The van der Waals surface area contributed by atoms with Gasteiger partial charge in [-0.25, -0.2) is 0 Å². The summed E-state index contributed by atoms with van der Waals surface area (Å²) >= 11 is 0. The Kier molecular flexibility index (Phi) is 3.97. The summed E-state index contributed by atoms with van der Waals surface area (Å²) in [6.07, 6.45) is 4.69. The minimum Gasteiger partial charge on any atom is -0.375 e. The highest BCUT2D eigenvalue weighted by atomic mass is 15.1. The third-order valence-electron chi connectivity index (χ3n) is 5.82. The van der Waals surface area contributed by atoms with E-state index in [0.29, 0.717) is 0 Å². The first-order valence-electron chi connectivity index (χ1n) is 10.2. The van der Waals surface area contributed by atoms with Crippen LogP contribution in [0.5, 0.6) is 0 Å². The van der Waals surface area contributed by atoms with Crippen molar-refractivity contribution in [2.45, 2.75) is 26.7 Å². The van der Waals surface area contributed by atoms with Crippen LogP contribution in [0.2, 0.25) is 0 Å². The van der Waals surface area contributed by atoms with Crippen molar-refractivity contribution in [3.63, 3.8) is 0 Å². The minimum absolute atomic E-state index is 1.10. The van der Waals surface area contributed by atoms with Crippen LogP contribution in [-0.4, -0.2) is 18.0 Å². The molecule has 3 heterocycles. The summed E-state index contributed by atoms with van der Waals surface area (Å²) in [7, 11) is 2.18. The summed E-state index contributed by atoms with van der Waals surface area (Å²) in [4.78, 5) is 2.35. The lowest BCUT2D eigenvalue weighted by molar-refractivity contribution is -0.479. The number of anilines is 1. The Hall–Kier alpha value is -3.07. The van der Waals surface area contributed by atoms with Gasteiger partial charge < -0.3 is 4.90 Å². The van der Waals surface area contributed by atoms with E-state index in [4.69, 9.17) is 0 Å². The molecule has 0 aliphatic heterocycles. The van der Waals surface area contributed by atoms with Crippen molar-refractivity contribution in [3.8, 4) is 0 Å². The first-order chi connectivity index (χ1) is 13.7. The van der Waals surface area contributed by atoms with Crippen LogP contribution in [0.1, 0.15) is 25.3 Å². The molecule has 0 aliphatic carbocycles. The Morgan fingerprint density at radius 2 is 1.79 bits per heavy atom. The topological polar surface area (TPSA) is 11.8 Å². The fourth-order valence-corrected chi connectivity index (χ4v) is 4.23. The van der Waals surface area contributed by atoms with E-state index in [1.165, 1.54) is 57.1 Å². The number of hydrogen-bond acceptors (Lipinski definition) is 1. The molecule has 0 atom stereocenters. The molecule has 0 saturated heterocycles. The fraction of sp³-hybridized carbons (Fsp3) is 0.240. The average Bonchev–Trinajstić information content (AvgIpc) is 3.10. The van der Waals surface area contributed by atoms with Gasteiger partial charge >= 0.3 is 0 Å². The van der Waals surface area contributed by atoms with E-state index in [1.54, 1.807) is 0 Å². The predicted octanol–water partition coefficient (Wildman–Crippen LogP) is 5.53. The van der Waals surface area contributed by atoms with Crippen LogP contribution >= 0.6 is 0 Å². The number of hydrogen-bond donors (Lipinski definition) is 0. The van der Waals surface area contributed by atoms with Crippen molar-refractivity contribution in [2.75, 3.05) is 18.5 Å². The number of fused-ring (bicyclic) bond motifs is 7. The molecule has 3 heteroatoms. The zero-order valence-corrected chi connectivity index (χ0v) is 16.8. The Morgan fingerprint density at radius 1 is 0.929 bits per heavy atom. The summed E-state index contributed by atoms with van der Waals surface area (Å²) < 4.78 is 4.68. The van der Waals surface area contributed by atoms with Gasteiger partial charge in [0.05, 0.1) is 0 Å². The smallest absolute Gasteiger partial charge is 0.292 e. The molecule has 0 unspecified atom stereocenters. The molecule has 3 nitrogen and oxygen atoms in total. The molecule has 5 aromatic rings. The lowest BCUT2D eigenvalue weighted by Gasteiger charge is -2.19. The molecule has 2 aromatic carbocycles. The Balaban J connectivity index is 1.74. The minimum atomic E-state index is 1.10. The lowest BCUT2D eigenvalue weighted by Crippen LogP contribution is -2.19. The molecule has 0 N–H and O–H groups in total. The monoisotopic (exact) mass is 368 g/mol. The zero-order chi connectivity index (χ0) is 19.3. The van der Waals surface area contributed by atoms with Crippen molar-refractivity contribution in [1.29, 1.82) is 0 Å². The molecule has 5 rings (SSSR count). The first-order valence-corrected chi connectivity index (χ1v) is 10.2.